The van der Waals surface area contributed by atoms with E-state index >= 15 is 0 Å². The van der Waals surface area contributed by atoms with Gasteiger partial charge in [0, 0.05) is 6.54 Å². The number of benzene rings is 1. The normalized spacial score (nSPS) is 12.6. The van der Waals surface area contributed by atoms with E-state index < -0.39 is 0 Å². The van der Waals surface area contributed by atoms with E-state index in [0.717, 1.165) is 12.0 Å². The zero-order chi connectivity index (χ0) is 10.6. The minimum absolute atomic E-state index is 0.0354. The Kier molecular flexibility index (Phi) is 3.89. The van der Waals surface area contributed by atoms with Gasteiger partial charge in [0.05, 0.1) is 6.10 Å². The highest BCUT2D eigenvalue weighted by Crippen LogP contribution is 2.19. The summed E-state index contributed by atoms with van der Waals surface area (Å²) in [5, 5.41) is 0. The Morgan fingerprint density at radius 3 is 2.71 bits per heavy atom. The van der Waals surface area contributed by atoms with E-state index in [-0.39, 0.29) is 11.9 Å². The van der Waals surface area contributed by atoms with Crippen molar-refractivity contribution in [3.63, 3.8) is 0 Å². The summed E-state index contributed by atoms with van der Waals surface area (Å²) < 4.78 is 18.7. The Morgan fingerprint density at radius 2 is 2.21 bits per heavy atom. The Hall–Kier alpha value is -1.09. The molecule has 0 bridgehead atoms. The molecule has 1 aromatic carbocycles. The second kappa shape index (κ2) is 4.96. The molecule has 0 spiro atoms. The first-order chi connectivity index (χ1) is 6.67. The molecule has 0 aliphatic heterocycles. The molecule has 0 fully saturated rings. The third kappa shape index (κ3) is 2.70. The molecule has 78 valence electrons. The Balaban J connectivity index is 2.78. The van der Waals surface area contributed by atoms with E-state index in [4.69, 9.17) is 10.5 Å². The van der Waals surface area contributed by atoms with Gasteiger partial charge in [-0.3, -0.25) is 0 Å². The zero-order valence-corrected chi connectivity index (χ0v) is 8.59. The van der Waals surface area contributed by atoms with Crippen LogP contribution in [0.2, 0.25) is 0 Å². The molecule has 1 aromatic rings. The number of hydrogen-bond donors (Lipinski definition) is 1. The minimum atomic E-state index is -0.340. The summed E-state index contributed by atoms with van der Waals surface area (Å²) >= 11 is 0. The summed E-state index contributed by atoms with van der Waals surface area (Å²) in [4.78, 5) is 0. The molecule has 0 saturated heterocycles. The van der Waals surface area contributed by atoms with Gasteiger partial charge in [0.25, 0.3) is 0 Å². The first kappa shape index (κ1) is 11.0. The average molecular weight is 197 g/mol. The molecule has 3 heteroatoms. The molecule has 0 aliphatic carbocycles. The molecule has 2 N–H and O–H groups in total. The Bertz CT molecular complexity index is 301. The molecule has 1 unspecified atom stereocenters. The first-order valence-corrected chi connectivity index (χ1v) is 4.82. The molecular weight excluding hydrogens is 181 g/mol. The van der Waals surface area contributed by atoms with Crippen molar-refractivity contribution in [3.05, 3.63) is 29.6 Å². The van der Waals surface area contributed by atoms with Crippen LogP contribution in [0.25, 0.3) is 0 Å². The predicted molar refractivity (Wildman–Crippen MR) is 54.7 cm³/mol. The quantitative estimate of drug-likeness (QED) is 0.804. The summed E-state index contributed by atoms with van der Waals surface area (Å²) in [5.74, 6) is -0.0372. The van der Waals surface area contributed by atoms with E-state index in [2.05, 4.69) is 0 Å². The van der Waals surface area contributed by atoms with Crippen LogP contribution in [-0.4, -0.2) is 6.10 Å². The topological polar surface area (TPSA) is 35.2 Å². The van der Waals surface area contributed by atoms with Crippen molar-refractivity contribution in [1.82, 2.24) is 0 Å². The lowest BCUT2D eigenvalue weighted by Gasteiger charge is -2.13. The number of rotatable bonds is 4. The standard InChI is InChI=1S/C11H16FNO/c1-3-8(2)14-11-5-4-9(7-13)6-10(11)12/h4-6,8H,3,7,13H2,1-2H3. The lowest BCUT2D eigenvalue weighted by atomic mass is 10.2. The fraction of sp³-hybridized carbons (Fsp3) is 0.455. The van der Waals surface area contributed by atoms with Crippen LogP contribution in [0.4, 0.5) is 4.39 Å². The lowest BCUT2D eigenvalue weighted by molar-refractivity contribution is 0.207. The van der Waals surface area contributed by atoms with Gasteiger partial charge in [-0.25, -0.2) is 4.39 Å². The van der Waals surface area contributed by atoms with Gasteiger partial charge in [0.2, 0.25) is 0 Å². The molecule has 1 atom stereocenters. The van der Waals surface area contributed by atoms with Crippen molar-refractivity contribution in [2.45, 2.75) is 32.9 Å². The van der Waals surface area contributed by atoms with Crippen molar-refractivity contribution < 1.29 is 9.13 Å². The fourth-order valence-corrected chi connectivity index (χ4v) is 1.07. The maximum Gasteiger partial charge on any atom is 0.165 e. The van der Waals surface area contributed by atoms with Crippen LogP contribution in [-0.2, 0) is 6.54 Å². The zero-order valence-electron chi connectivity index (χ0n) is 8.59. The number of nitrogens with two attached hydrogens (primary N) is 1. The van der Waals surface area contributed by atoms with E-state index in [9.17, 15) is 4.39 Å². The van der Waals surface area contributed by atoms with Crippen molar-refractivity contribution in [3.8, 4) is 5.75 Å². The maximum atomic E-state index is 13.4. The van der Waals surface area contributed by atoms with E-state index in [0.29, 0.717) is 12.3 Å². The average Bonchev–Trinajstić information content (AvgIpc) is 2.20. The SMILES string of the molecule is CCC(C)Oc1ccc(CN)cc1F. The van der Waals surface area contributed by atoms with Crippen LogP contribution in [0.5, 0.6) is 5.75 Å². The van der Waals surface area contributed by atoms with Gasteiger partial charge in [-0.15, -0.1) is 0 Å². The van der Waals surface area contributed by atoms with Crippen LogP contribution in [0.3, 0.4) is 0 Å². The van der Waals surface area contributed by atoms with E-state index in [1.165, 1.54) is 6.07 Å². The molecule has 0 saturated carbocycles. The molecule has 0 radical (unpaired) electrons. The highest BCUT2D eigenvalue weighted by molar-refractivity contribution is 5.29. The highest BCUT2D eigenvalue weighted by Gasteiger charge is 2.07. The van der Waals surface area contributed by atoms with Gasteiger partial charge in [-0.1, -0.05) is 13.0 Å². The van der Waals surface area contributed by atoms with Gasteiger partial charge in [-0.05, 0) is 31.0 Å². The van der Waals surface area contributed by atoms with Gasteiger partial charge in [0.15, 0.2) is 11.6 Å². The molecule has 0 aromatic heterocycles. The fourth-order valence-electron chi connectivity index (χ4n) is 1.07. The van der Waals surface area contributed by atoms with Gasteiger partial charge >= 0.3 is 0 Å². The molecule has 1 rings (SSSR count). The predicted octanol–water partition coefficient (Wildman–Crippen LogP) is 2.46. The Labute approximate surface area is 83.9 Å². The molecule has 0 aliphatic rings. The summed E-state index contributed by atoms with van der Waals surface area (Å²) in [6.07, 6.45) is 0.895. The smallest absolute Gasteiger partial charge is 0.165 e. The van der Waals surface area contributed by atoms with Gasteiger partial charge in [0.1, 0.15) is 0 Å². The summed E-state index contributed by atoms with van der Waals surface area (Å²) in [5.41, 5.74) is 6.17. The number of ether oxygens (including phenoxy) is 1. The lowest BCUT2D eigenvalue weighted by Crippen LogP contribution is -2.11. The van der Waals surface area contributed by atoms with Crippen molar-refractivity contribution in [1.29, 1.82) is 0 Å². The summed E-state index contributed by atoms with van der Waals surface area (Å²) in [7, 11) is 0. The largest absolute Gasteiger partial charge is 0.488 e. The van der Waals surface area contributed by atoms with E-state index in [1.54, 1.807) is 12.1 Å². The molecule has 0 amide bonds. The molecule has 0 heterocycles. The van der Waals surface area contributed by atoms with Gasteiger partial charge in [-0.2, -0.15) is 0 Å². The van der Waals surface area contributed by atoms with Crippen LogP contribution < -0.4 is 10.5 Å². The van der Waals surface area contributed by atoms with E-state index in [1.807, 2.05) is 13.8 Å². The second-order valence-electron chi connectivity index (χ2n) is 3.31. The first-order valence-electron chi connectivity index (χ1n) is 4.82. The maximum absolute atomic E-state index is 13.4. The van der Waals surface area contributed by atoms with Crippen molar-refractivity contribution >= 4 is 0 Å². The second-order valence-corrected chi connectivity index (χ2v) is 3.31. The van der Waals surface area contributed by atoms with Crippen molar-refractivity contribution in [2.75, 3.05) is 0 Å². The molecule has 2 nitrogen and oxygen atoms in total. The summed E-state index contributed by atoms with van der Waals surface area (Å²) in [6, 6.07) is 4.82. The van der Waals surface area contributed by atoms with Crippen LogP contribution in [0.15, 0.2) is 18.2 Å². The summed E-state index contributed by atoms with van der Waals surface area (Å²) in [6.45, 7) is 4.26. The monoisotopic (exact) mass is 197 g/mol. The van der Waals surface area contributed by atoms with Gasteiger partial charge < -0.3 is 10.5 Å². The Morgan fingerprint density at radius 1 is 1.50 bits per heavy atom. The van der Waals surface area contributed by atoms with Crippen LogP contribution >= 0.6 is 0 Å². The minimum Gasteiger partial charge on any atom is -0.488 e. The molecule has 14 heavy (non-hydrogen) atoms. The highest BCUT2D eigenvalue weighted by atomic mass is 19.1. The molecular formula is C11H16FNO. The third-order valence-electron chi connectivity index (χ3n) is 2.14. The third-order valence-corrected chi connectivity index (χ3v) is 2.14. The number of halogens is 1. The number of hydrogen-bond acceptors (Lipinski definition) is 2. The van der Waals surface area contributed by atoms with Crippen molar-refractivity contribution in [2.24, 2.45) is 5.73 Å². The van der Waals surface area contributed by atoms with Crippen LogP contribution in [0.1, 0.15) is 25.8 Å². The van der Waals surface area contributed by atoms with Crippen LogP contribution in [0, 0.1) is 5.82 Å².